The van der Waals surface area contributed by atoms with Gasteiger partial charge in [0.1, 0.15) is 0 Å². The minimum Gasteiger partial charge on any atom is -0.351 e. The zero-order chi connectivity index (χ0) is 21.3. The third-order valence-electron chi connectivity index (χ3n) is 7.63. The van der Waals surface area contributed by atoms with Gasteiger partial charge in [0.15, 0.2) is 0 Å². The Morgan fingerprint density at radius 3 is 2.45 bits per heavy atom. The van der Waals surface area contributed by atoms with Crippen LogP contribution < -0.4 is 5.32 Å². The highest BCUT2D eigenvalue weighted by Gasteiger charge is 2.56. The van der Waals surface area contributed by atoms with Crippen LogP contribution in [0.15, 0.2) is 48.8 Å². The van der Waals surface area contributed by atoms with Crippen LogP contribution in [-0.2, 0) is 11.3 Å². The van der Waals surface area contributed by atoms with Crippen LogP contribution in [0.2, 0.25) is 0 Å². The fourth-order valence-electron chi connectivity index (χ4n) is 6.27. The Kier molecular flexibility index (Phi) is 5.51. The highest BCUT2D eigenvalue weighted by Crippen LogP contribution is 2.51. The molecule has 1 N–H and O–H groups in total. The van der Waals surface area contributed by atoms with E-state index >= 15 is 0 Å². The Balaban J connectivity index is 1.56. The number of carbonyl (C=O) groups is 2. The lowest BCUT2D eigenvalue weighted by molar-refractivity contribution is -0.128. The molecule has 2 heterocycles. The summed E-state index contributed by atoms with van der Waals surface area (Å²) in [5, 5.41) is 3.20. The maximum Gasteiger partial charge on any atom is 0.254 e. The predicted molar refractivity (Wildman–Crippen MR) is 120 cm³/mol. The molecule has 1 aromatic heterocycles. The van der Waals surface area contributed by atoms with E-state index in [4.69, 9.17) is 0 Å². The molecule has 5 nitrogen and oxygen atoms in total. The molecule has 2 aliphatic carbocycles. The second kappa shape index (κ2) is 8.45. The van der Waals surface area contributed by atoms with Gasteiger partial charge in [-0.25, -0.2) is 0 Å². The van der Waals surface area contributed by atoms with Gasteiger partial charge in [0.25, 0.3) is 5.91 Å². The van der Waals surface area contributed by atoms with Gasteiger partial charge in [-0.05, 0) is 55.0 Å². The summed E-state index contributed by atoms with van der Waals surface area (Å²) in [6.45, 7) is 0.480. The Labute approximate surface area is 184 Å². The van der Waals surface area contributed by atoms with E-state index in [0.717, 1.165) is 55.2 Å². The van der Waals surface area contributed by atoms with Gasteiger partial charge < -0.3 is 10.2 Å². The van der Waals surface area contributed by atoms with Gasteiger partial charge in [0, 0.05) is 30.5 Å². The normalized spacial score (nSPS) is 23.0. The molecule has 0 radical (unpaired) electrons. The standard InChI is InChI=1S/C26H31N3O2/c30-24(28-18-19-12-16-27-17-13-19)23-21-10-4-5-11-22(21)25(31)29(20-8-2-3-9-20)26(23)14-6-1-7-15-26/h4-5,10-13,16-17,20,23H,1-3,6-9,14-15,18H2,(H,28,30)/t23-/m0/s1. The van der Waals surface area contributed by atoms with Crippen molar-refractivity contribution < 1.29 is 9.59 Å². The first-order valence-corrected chi connectivity index (χ1v) is 11.8. The highest BCUT2D eigenvalue weighted by molar-refractivity contribution is 6.02. The quantitative estimate of drug-likeness (QED) is 0.792. The average molecular weight is 418 g/mol. The van der Waals surface area contributed by atoms with Crippen molar-refractivity contribution >= 4 is 11.8 Å². The molecule has 0 bridgehead atoms. The molecule has 1 atom stereocenters. The molecular formula is C26H31N3O2. The minimum atomic E-state index is -0.402. The second-order valence-electron chi connectivity index (χ2n) is 9.37. The molecule has 5 heteroatoms. The summed E-state index contributed by atoms with van der Waals surface area (Å²) in [6, 6.07) is 11.9. The van der Waals surface area contributed by atoms with Crippen molar-refractivity contribution in [2.24, 2.45) is 0 Å². The summed E-state index contributed by atoms with van der Waals surface area (Å²) >= 11 is 0. The van der Waals surface area contributed by atoms with Gasteiger partial charge in [-0.15, -0.1) is 0 Å². The van der Waals surface area contributed by atoms with Crippen LogP contribution in [-0.4, -0.2) is 33.3 Å². The number of aromatic nitrogens is 1. The molecule has 3 aliphatic rings. The van der Waals surface area contributed by atoms with E-state index in [1.807, 2.05) is 36.4 Å². The van der Waals surface area contributed by atoms with E-state index in [1.54, 1.807) is 12.4 Å². The molecule has 2 saturated carbocycles. The van der Waals surface area contributed by atoms with Crippen molar-refractivity contribution in [1.29, 1.82) is 0 Å². The molecule has 31 heavy (non-hydrogen) atoms. The van der Waals surface area contributed by atoms with Crippen molar-refractivity contribution in [2.75, 3.05) is 0 Å². The summed E-state index contributed by atoms with van der Waals surface area (Å²) in [5.74, 6) is -0.131. The predicted octanol–water partition coefficient (Wildman–Crippen LogP) is 4.58. The van der Waals surface area contributed by atoms with Crippen LogP contribution in [0, 0.1) is 0 Å². The maximum atomic E-state index is 13.8. The molecule has 2 fully saturated rings. The lowest BCUT2D eigenvalue weighted by Gasteiger charge is -2.56. The monoisotopic (exact) mass is 417 g/mol. The molecule has 162 valence electrons. The maximum absolute atomic E-state index is 13.8. The summed E-state index contributed by atoms with van der Waals surface area (Å²) in [7, 11) is 0. The Morgan fingerprint density at radius 1 is 1.00 bits per heavy atom. The van der Waals surface area contributed by atoms with Gasteiger partial charge in [0.05, 0.1) is 11.5 Å². The Morgan fingerprint density at radius 2 is 1.71 bits per heavy atom. The van der Waals surface area contributed by atoms with Crippen molar-refractivity contribution in [3.63, 3.8) is 0 Å². The third-order valence-corrected chi connectivity index (χ3v) is 7.63. The van der Waals surface area contributed by atoms with Crippen LogP contribution >= 0.6 is 0 Å². The number of benzene rings is 1. The van der Waals surface area contributed by atoms with Crippen LogP contribution in [0.3, 0.4) is 0 Å². The average Bonchev–Trinajstić information content (AvgIpc) is 3.33. The van der Waals surface area contributed by atoms with E-state index in [-0.39, 0.29) is 23.8 Å². The number of nitrogens with one attached hydrogen (secondary N) is 1. The molecule has 2 aromatic rings. The topological polar surface area (TPSA) is 62.3 Å². The summed E-state index contributed by atoms with van der Waals surface area (Å²) < 4.78 is 0. The molecular weight excluding hydrogens is 386 g/mol. The van der Waals surface area contributed by atoms with E-state index < -0.39 is 5.54 Å². The Hall–Kier alpha value is -2.69. The molecule has 0 saturated heterocycles. The van der Waals surface area contributed by atoms with Crippen molar-refractivity contribution in [3.05, 3.63) is 65.5 Å². The first kappa shape index (κ1) is 20.2. The number of hydrogen-bond donors (Lipinski definition) is 1. The molecule has 1 aliphatic heterocycles. The van der Waals surface area contributed by atoms with Gasteiger partial charge in [-0.2, -0.15) is 0 Å². The van der Waals surface area contributed by atoms with Gasteiger partial charge in [0.2, 0.25) is 5.91 Å². The highest BCUT2D eigenvalue weighted by atomic mass is 16.2. The van der Waals surface area contributed by atoms with Gasteiger partial charge in [-0.3, -0.25) is 14.6 Å². The van der Waals surface area contributed by atoms with E-state index in [2.05, 4.69) is 15.2 Å². The van der Waals surface area contributed by atoms with Gasteiger partial charge >= 0.3 is 0 Å². The SMILES string of the molecule is O=C(NCc1ccncc1)[C@@H]1c2ccccc2C(=O)N(C2CCCC2)C12CCCCC2. The molecule has 0 unspecified atom stereocenters. The number of rotatable bonds is 4. The fourth-order valence-corrected chi connectivity index (χ4v) is 6.27. The number of fused-ring (bicyclic) bond motifs is 1. The zero-order valence-electron chi connectivity index (χ0n) is 18.1. The minimum absolute atomic E-state index is 0.0432. The first-order chi connectivity index (χ1) is 15.2. The smallest absolute Gasteiger partial charge is 0.254 e. The van der Waals surface area contributed by atoms with E-state index in [9.17, 15) is 9.59 Å². The van der Waals surface area contributed by atoms with Crippen molar-refractivity contribution in [1.82, 2.24) is 15.2 Å². The summed E-state index contributed by atoms with van der Waals surface area (Å²) in [5.41, 5.74) is 2.26. The molecule has 1 aromatic carbocycles. The number of carbonyl (C=O) groups excluding carboxylic acids is 2. The van der Waals surface area contributed by atoms with Crippen LogP contribution in [0.25, 0.3) is 0 Å². The molecule has 5 rings (SSSR count). The van der Waals surface area contributed by atoms with Crippen LogP contribution in [0.5, 0.6) is 0 Å². The molecule has 1 spiro atoms. The van der Waals surface area contributed by atoms with Crippen molar-refractivity contribution in [3.8, 4) is 0 Å². The summed E-state index contributed by atoms with van der Waals surface area (Å²) in [6.07, 6.45) is 13.1. The number of nitrogens with zero attached hydrogens (tertiary/aromatic N) is 2. The number of hydrogen-bond acceptors (Lipinski definition) is 3. The second-order valence-corrected chi connectivity index (χ2v) is 9.37. The Bertz CT molecular complexity index is 946. The van der Waals surface area contributed by atoms with E-state index in [0.29, 0.717) is 6.54 Å². The lowest BCUT2D eigenvalue weighted by Crippen LogP contribution is -2.65. The van der Waals surface area contributed by atoms with Crippen LogP contribution in [0.1, 0.15) is 85.2 Å². The fraction of sp³-hybridized carbons (Fsp3) is 0.500. The van der Waals surface area contributed by atoms with Gasteiger partial charge in [-0.1, -0.05) is 50.3 Å². The number of amides is 2. The van der Waals surface area contributed by atoms with E-state index in [1.165, 1.54) is 19.3 Å². The van der Waals surface area contributed by atoms with Crippen molar-refractivity contribution in [2.45, 2.75) is 81.8 Å². The zero-order valence-corrected chi connectivity index (χ0v) is 18.1. The largest absolute Gasteiger partial charge is 0.351 e. The third kappa shape index (κ3) is 3.54. The van der Waals surface area contributed by atoms with Crippen LogP contribution in [0.4, 0.5) is 0 Å². The molecule has 2 amide bonds. The first-order valence-electron chi connectivity index (χ1n) is 11.8. The summed E-state index contributed by atoms with van der Waals surface area (Å²) in [4.78, 5) is 33.9. The number of pyridine rings is 1. The lowest BCUT2D eigenvalue weighted by atomic mass is 9.64.